The van der Waals surface area contributed by atoms with Crippen molar-refractivity contribution in [1.82, 2.24) is 0 Å². The van der Waals surface area contributed by atoms with Gasteiger partial charge in [0.05, 0.1) is 0 Å². The molecule has 0 bridgehead atoms. The van der Waals surface area contributed by atoms with Gasteiger partial charge < -0.3 is 4.74 Å². The third-order valence-corrected chi connectivity index (χ3v) is 5.71. The van der Waals surface area contributed by atoms with Crippen molar-refractivity contribution in [3.63, 3.8) is 0 Å². The van der Waals surface area contributed by atoms with E-state index in [0.29, 0.717) is 11.1 Å². The van der Waals surface area contributed by atoms with Gasteiger partial charge in [-0.25, -0.2) is 4.39 Å². The van der Waals surface area contributed by atoms with Gasteiger partial charge in [0.1, 0.15) is 11.6 Å². The van der Waals surface area contributed by atoms with Gasteiger partial charge >= 0.3 is 6.36 Å². The molecule has 32 heavy (non-hydrogen) atoms. The number of benzene rings is 4. The average molecular weight is 440 g/mol. The highest BCUT2D eigenvalue weighted by Crippen LogP contribution is 2.34. The van der Waals surface area contributed by atoms with Crippen LogP contribution in [0.3, 0.4) is 0 Å². The number of ether oxygens (including phenoxy) is 1. The van der Waals surface area contributed by atoms with Gasteiger partial charge in [-0.15, -0.1) is 13.2 Å². The molecule has 0 saturated heterocycles. The highest BCUT2D eigenvalue weighted by molar-refractivity contribution is 6.08. The smallest absolute Gasteiger partial charge is 0.406 e. The molecule has 0 radical (unpaired) electrons. The minimum atomic E-state index is -4.76. The van der Waals surface area contributed by atoms with Crippen LogP contribution in [0.2, 0.25) is 0 Å². The number of fused-ring (bicyclic) bond motifs is 3. The summed E-state index contributed by atoms with van der Waals surface area (Å²) in [6.07, 6.45) is 1.13. The Morgan fingerprint density at radius 2 is 1.47 bits per heavy atom. The molecule has 0 fully saturated rings. The van der Waals surface area contributed by atoms with Crippen molar-refractivity contribution in [3.8, 4) is 16.9 Å². The lowest BCUT2D eigenvalue weighted by atomic mass is 9.95. The van der Waals surface area contributed by atoms with Crippen LogP contribution < -0.4 is 4.74 Å². The number of hydrogen-bond donors (Lipinski definition) is 0. The lowest BCUT2D eigenvalue weighted by Gasteiger charge is -2.12. The molecule has 4 aromatic rings. The number of unbranched alkanes of at least 4 members (excludes halogenated alkanes) is 3. The van der Waals surface area contributed by atoms with E-state index >= 15 is 4.39 Å². The zero-order chi connectivity index (χ0) is 22.7. The average Bonchev–Trinajstić information content (AvgIpc) is 2.76. The van der Waals surface area contributed by atoms with Crippen molar-refractivity contribution in [3.05, 3.63) is 78.1 Å². The molecule has 0 aliphatic carbocycles. The maximum absolute atomic E-state index is 15.0. The van der Waals surface area contributed by atoms with Crippen LogP contribution in [-0.4, -0.2) is 6.36 Å². The molecule has 0 N–H and O–H groups in total. The SMILES string of the molecule is CCCCCCc1ccc2c(ccc3cc(-c4ccc(OC(F)(F)F)cc4)c(F)cc32)c1. The molecule has 1 nitrogen and oxygen atoms in total. The molecule has 0 aromatic heterocycles. The van der Waals surface area contributed by atoms with Crippen LogP contribution >= 0.6 is 0 Å². The summed E-state index contributed by atoms with van der Waals surface area (Å²) >= 11 is 0. The first-order valence-electron chi connectivity index (χ1n) is 10.8. The molecule has 0 heterocycles. The van der Waals surface area contributed by atoms with E-state index in [1.807, 2.05) is 12.1 Å². The van der Waals surface area contributed by atoms with E-state index in [9.17, 15) is 13.2 Å². The van der Waals surface area contributed by atoms with Gasteiger partial charge in [-0.1, -0.05) is 68.7 Å². The fourth-order valence-corrected chi connectivity index (χ4v) is 4.10. The lowest BCUT2D eigenvalue weighted by Crippen LogP contribution is -2.16. The van der Waals surface area contributed by atoms with E-state index in [0.717, 1.165) is 34.4 Å². The van der Waals surface area contributed by atoms with Crippen LogP contribution in [0, 0.1) is 5.82 Å². The fourth-order valence-electron chi connectivity index (χ4n) is 4.10. The zero-order valence-corrected chi connectivity index (χ0v) is 17.8. The van der Waals surface area contributed by atoms with Crippen molar-refractivity contribution in [2.24, 2.45) is 0 Å². The van der Waals surface area contributed by atoms with Gasteiger partial charge in [0.2, 0.25) is 0 Å². The molecule has 0 unspecified atom stereocenters. The van der Waals surface area contributed by atoms with Crippen LogP contribution in [0.25, 0.3) is 32.7 Å². The van der Waals surface area contributed by atoms with E-state index in [2.05, 4.69) is 29.9 Å². The summed E-state index contributed by atoms with van der Waals surface area (Å²) in [4.78, 5) is 0. The second-order valence-corrected chi connectivity index (χ2v) is 8.06. The van der Waals surface area contributed by atoms with Crippen LogP contribution in [0.15, 0.2) is 66.7 Å². The molecule has 0 spiro atoms. The highest BCUT2D eigenvalue weighted by Gasteiger charge is 2.31. The van der Waals surface area contributed by atoms with Crippen molar-refractivity contribution in [1.29, 1.82) is 0 Å². The molecule has 0 aliphatic heterocycles. The first-order chi connectivity index (χ1) is 15.3. The van der Waals surface area contributed by atoms with E-state index in [-0.39, 0.29) is 5.75 Å². The molecular formula is C27H24F4O. The van der Waals surface area contributed by atoms with E-state index in [1.165, 1.54) is 55.2 Å². The summed E-state index contributed by atoms with van der Waals surface area (Å²) < 4.78 is 56.0. The Hall–Kier alpha value is -3.08. The maximum atomic E-state index is 15.0. The quantitative estimate of drug-likeness (QED) is 0.158. The Bertz CT molecular complexity index is 1230. The monoisotopic (exact) mass is 440 g/mol. The number of alkyl halides is 3. The predicted octanol–water partition coefficient (Wildman–Crippen LogP) is 8.82. The van der Waals surface area contributed by atoms with Gasteiger partial charge in [-0.05, 0) is 69.8 Å². The summed E-state index contributed by atoms with van der Waals surface area (Å²) in [5, 5.41) is 3.75. The molecule has 0 amide bonds. The zero-order valence-electron chi connectivity index (χ0n) is 17.8. The highest BCUT2D eigenvalue weighted by atomic mass is 19.4. The summed E-state index contributed by atoms with van der Waals surface area (Å²) in [6.45, 7) is 2.20. The Kier molecular flexibility index (Phi) is 6.35. The standard InChI is InChI=1S/C27H24F4O/c1-2-3-4-5-6-18-7-14-23-20(15-18)8-9-21-16-25(26(28)17-24(21)23)19-10-12-22(13-11-19)32-27(29,30)31/h7-17H,2-6H2,1H3. The first-order valence-corrected chi connectivity index (χ1v) is 10.8. The van der Waals surface area contributed by atoms with Gasteiger partial charge in [0.15, 0.2) is 0 Å². The molecule has 5 heteroatoms. The Morgan fingerprint density at radius 1 is 0.750 bits per heavy atom. The normalized spacial score (nSPS) is 11.9. The van der Waals surface area contributed by atoms with Gasteiger partial charge in [-0.2, -0.15) is 0 Å². The van der Waals surface area contributed by atoms with Gasteiger partial charge in [0, 0.05) is 5.56 Å². The van der Waals surface area contributed by atoms with Crippen molar-refractivity contribution >= 4 is 21.5 Å². The van der Waals surface area contributed by atoms with E-state index < -0.39 is 12.2 Å². The van der Waals surface area contributed by atoms with Crippen LogP contribution in [0.4, 0.5) is 17.6 Å². The van der Waals surface area contributed by atoms with Crippen molar-refractivity contribution in [2.45, 2.75) is 45.4 Å². The summed E-state index contributed by atoms with van der Waals surface area (Å²) in [5.41, 5.74) is 2.11. The van der Waals surface area contributed by atoms with Gasteiger partial charge in [-0.3, -0.25) is 0 Å². The topological polar surface area (TPSA) is 9.23 Å². The van der Waals surface area contributed by atoms with Gasteiger partial charge in [0.25, 0.3) is 0 Å². The maximum Gasteiger partial charge on any atom is 0.573 e. The summed E-state index contributed by atoms with van der Waals surface area (Å²) in [6, 6.07) is 18.8. The molecule has 4 aromatic carbocycles. The van der Waals surface area contributed by atoms with E-state index in [4.69, 9.17) is 0 Å². The Labute approximate surface area is 184 Å². The third kappa shape index (κ3) is 5.04. The molecule has 4 rings (SSSR count). The molecule has 0 aliphatic rings. The van der Waals surface area contributed by atoms with Crippen LogP contribution in [-0.2, 0) is 6.42 Å². The molecular weight excluding hydrogens is 416 g/mol. The second kappa shape index (κ2) is 9.19. The lowest BCUT2D eigenvalue weighted by molar-refractivity contribution is -0.274. The second-order valence-electron chi connectivity index (χ2n) is 8.06. The van der Waals surface area contributed by atoms with Crippen LogP contribution in [0.5, 0.6) is 5.75 Å². The number of halogens is 4. The minimum Gasteiger partial charge on any atom is -0.406 e. The molecule has 166 valence electrons. The third-order valence-electron chi connectivity index (χ3n) is 5.71. The minimum absolute atomic E-state index is 0.334. The largest absolute Gasteiger partial charge is 0.573 e. The van der Waals surface area contributed by atoms with Crippen LogP contribution in [0.1, 0.15) is 38.2 Å². The Balaban J connectivity index is 1.64. The predicted molar refractivity (Wildman–Crippen MR) is 121 cm³/mol. The van der Waals surface area contributed by atoms with Crippen molar-refractivity contribution < 1.29 is 22.3 Å². The van der Waals surface area contributed by atoms with E-state index in [1.54, 1.807) is 6.07 Å². The molecule has 0 saturated carbocycles. The van der Waals surface area contributed by atoms with Crippen molar-refractivity contribution in [2.75, 3.05) is 0 Å². The summed E-state index contributed by atoms with van der Waals surface area (Å²) in [7, 11) is 0. The first kappa shape index (κ1) is 22.1. The fraction of sp³-hybridized carbons (Fsp3) is 0.259. The Morgan fingerprint density at radius 3 is 2.16 bits per heavy atom. The number of hydrogen-bond acceptors (Lipinski definition) is 1. The number of rotatable bonds is 7. The molecule has 0 atom stereocenters. The summed E-state index contributed by atoms with van der Waals surface area (Å²) in [5.74, 6) is -0.753. The number of aryl methyl sites for hydroxylation is 1.